The van der Waals surface area contributed by atoms with E-state index < -0.39 is 29.3 Å². The number of esters is 2. The maximum Gasteiger partial charge on any atom is 0.335 e. The van der Waals surface area contributed by atoms with Crippen molar-refractivity contribution < 1.29 is 42.9 Å². The van der Waals surface area contributed by atoms with Crippen LogP contribution >= 0.6 is 0 Å². The lowest BCUT2D eigenvalue weighted by molar-refractivity contribution is -0.168. The summed E-state index contributed by atoms with van der Waals surface area (Å²) in [6, 6.07) is 2.27. The number of rotatable bonds is 16. The van der Waals surface area contributed by atoms with Crippen LogP contribution in [0.2, 0.25) is 0 Å². The molecule has 14 nitrogen and oxygen atoms in total. The van der Waals surface area contributed by atoms with Crippen molar-refractivity contribution in [3.8, 4) is 0 Å². The Labute approximate surface area is 316 Å². The van der Waals surface area contributed by atoms with E-state index in [0.717, 1.165) is 63.4 Å². The molecule has 5 aliphatic rings. The van der Waals surface area contributed by atoms with Crippen molar-refractivity contribution in [2.75, 3.05) is 6.54 Å². The third-order valence-corrected chi connectivity index (χ3v) is 13.9. The van der Waals surface area contributed by atoms with Gasteiger partial charge in [-0.25, -0.2) is 9.59 Å². The van der Waals surface area contributed by atoms with Crippen LogP contribution in [0.15, 0.2) is 32.6 Å². The standard InChI is InChI=1S/C40H58N4O10/c1-23(45)52-34-33(24-12-15-31(47)51-22-24)39(3)19-17-27-28(40(39)35(34)54-40)14-13-25-21-26(16-18-38(25,27)2)53-32(48)11-7-5-4-6-10-30(46)44-29(36(49)50)9-8-20-43-37(41)42/h12,15,22,25-29,33-35H,4-11,13-14,16-21H2,1-3H3,(H,44,46)(H,49,50)(H4,41,42,43)/t25-,26+,27+,28+,29-,33+,34-,35-,38-,39-,40+/m0/s1. The van der Waals surface area contributed by atoms with Crippen LogP contribution in [0.5, 0.6) is 0 Å². The molecule has 6 rings (SSSR count). The summed E-state index contributed by atoms with van der Waals surface area (Å²) < 4.78 is 24.1. The van der Waals surface area contributed by atoms with E-state index in [1.165, 1.54) is 19.3 Å². The SMILES string of the molecule is CC(=O)O[C@H]1[C@@H](c2ccc(=O)oc2)[C@]2(C)CC[C@@H]3[C@@H](CC[C@H]4C[C@H](OC(=O)CCCCCCC(=O)N[C@@H](CCCN=C(N)N)C(=O)O)CC[C@@]43C)[C@]23O[C@@H]13. The third kappa shape index (κ3) is 7.77. The highest BCUT2D eigenvalue weighted by atomic mass is 16.7. The fourth-order valence-electron chi connectivity index (χ4n) is 11.4. The van der Waals surface area contributed by atoms with Crippen LogP contribution in [0, 0.1) is 28.6 Å². The number of nitrogens with one attached hydrogen (secondary N) is 1. The van der Waals surface area contributed by atoms with Gasteiger partial charge in [0.1, 0.15) is 30.0 Å². The van der Waals surface area contributed by atoms with E-state index >= 15 is 0 Å². The van der Waals surface area contributed by atoms with Crippen molar-refractivity contribution in [1.29, 1.82) is 0 Å². The molecule has 11 atom stereocenters. The molecule has 14 heteroatoms. The zero-order chi connectivity index (χ0) is 38.8. The minimum atomic E-state index is -1.09. The van der Waals surface area contributed by atoms with Gasteiger partial charge in [-0.3, -0.25) is 19.4 Å². The summed E-state index contributed by atoms with van der Waals surface area (Å²) in [5, 5.41) is 12.0. The van der Waals surface area contributed by atoms with Crippen molar-refractivity contribution >= 4 is 29.8 Å². The number of hydrogen-bond donors (Lipinski definition) is 4. The molecule has 0 unspecified atom stereocenters. The molecule has 4 saturated carbocycles. The average Bonchev–Trinajstić information content (AvgIpc) is 3.82. The highest BCUT2D eigenvalue weighted by Crippen LogP contribution is 2.78. The molecule has 0 aromatic carbocycles. The molecular formula is C40H58N4O10. The minimum absolute atomic E-state index is 0.0556. The van der Waals surface area contributed by atoms with Crippen LogP contribution in [-0.4, -0.2) is 71.4 Å². The number of carboxylic acids is 1. The number of ether oxygens (including phenoxy) is 3. The third-order valence-electron chi connectivity index (χ3n) is 13.9. The lowest BCUT2D eigenvalue weighted by Crippen LogP contribution is -2.58. The number of hydrogen-bond acceptors (Lipinski definition) is 10. The number of guanidine groups is 1. The summed E-state index contributed by atoms with van der Waals surface area (Å²) >= 11 is 0. The first kappa shape index (κ1) is 39.7. The van der Waals surface area contributed by atoms with Crippen molar-refractivity contribution in [3.05, 3.63) is 34.4 Å². The Balaban J connectivity index is 0.952. The predicted molar refractivity (Wildman–Crippen MR) is 197 cm³/mol. The molecule has 1 spiro atoms. The minimum Gasteiger partial charge on any atom is -0.480 e. The van der Waals surface area contributed by atoms with E-state index in [1.54, 1.807) is 0 Å². The number of carboxylic acid groups (broad SMARTS) is 1. The highest BCUT2D eigenvalue weighted by Gasteiger charge is 2.84. The fourth-order valence-corrected chi connectivity index (χ4v) is 11.4. The number of nitrogens with zero attached hydrogens (tertiary/aromatic N) is 1. The van der Waals surface area contributed by atoms with Crippen LogP contribution in [0.3, 0.4) is 0 Å². The van der Waals surface area contributed by atoms with Crippen molar-refractivity contribution in [2.24, 2.45) is 45.0 Å². The zero-order valence-electron chi connectivity index (χ0n) is 31.9. The maximum atomic E-state index is 12.9. The van der Waals surface area contributed by atoms with Crippen LogP contribution < -0.4 is 22.4 Å². The fraction of sp³-hybridized carbons (Fsp3) is 0.750. The Hall–Kier alpha value is -3.94. The molecule has 54 heavy (non-hydrogen) atoms. The van der Waals surface area contributed by atoms with Crippen LogP contribution in [0.4, 0.5) is 0 Å². The zero-order valence-corrected chi connectivity index (χ0v) is 31.9. The van der Waals surface area contributed by atoms with E-state index in [1.807, 2.05) is 6.07 Å². The number of amides is 1. The van der Waals surface area contributed by atoms with Crippen LogP contribution in [0.1, 0.15) is 129 Å². The van der Waals surface area contributed by atoms with Gasteiger partial charge in [-0.2, -0.15) is 0 Å². The van der Waals surface area contributed by atoms with E-state index in [2.05, 4.69) is 24.2 Å². The Morgan fingerprint density at radius 1 is 0.981 bits per heavy atom. The maximum absolute atomic E-state index is 12.9. The lowest BCUT2D eigenvalue weighted by atomic mass is 9.44. The summed E-state index contributed by atoms with van der Waals surface area (Å²) in [5.74, 6) is -0.874. The molecule has 5 fully saturated rings. The second-order valence-electron chi connectivity index (χ2n) is 16.9. The number of carbonyl (C=O) groups is 4. The quantitative estimate of drug-likeness (QED) is 0.0609. The molecule has 298 valence electrons. The molecule has 0 radical (unpaired) electrons. The first-order valence-electron chi connectivity index (χ1n) is 19.9. The second-order valence-corrected chi connectivity index (χ2v) is 16.9. The summed E-state index contributed by atoms with van der Waals surface area (Å²) in [6.07, 6.45) is 11.5. The topological polar surface area (TPSA) is 226 Å². The van der Waals surface area contributed by atoms with Crippen molar-refractivity contribution in [1.82, 2.24) is 5.32 Å². The molecule has 1 saturated heterocycles. The largest absolute Gasteiger partial charge is 0.480 e. The molecule has 1 aromatic heterocycles. The molecule has 1 aromatic rings. The number of carbonyl (C=O) groups excluding carboxylic acids is 3. The highest BCUT2D eigenvalue weighted by molar-refractivity contribution is 5.83. The molecule has 1 aliphatic heterocycles. The summed E-state index contributed by atoms with van der Waals surface area (Å²) in [6.45, 7) is 6.45. The Morgan fingerprint density at radius 2 is 1.74 bits per heavy atom. The summed E-state index contributed by atoms with van der Waals surface area (Å²) in [4.78, 5) is 64.7. The van der Waals surface area contributed by atoms with Gasteiger partial charge in [0, 0.05) is 43.7 Å². The van der Waals surface area contributed by atoms with E-state index in [0.29, 0.717) is 50.0 Å². The molecular weight excluding hydrogens is 696 g/mol. The molecule has 1 amide bonds. The van der Waals surface area contributed by atoms with Crippen LogP contribution in [0.25, 0.3) is 0 Å². The van der Waals surface area contributed by atoms with E-state index in [-0.39, 0.29) is 65.6 Å². The summed E-state index contributed by atoms with van der Waals surface area (Å²) in [5.41, 5.74) is 10.5. The number of aliphatic imine (C=N–C) groups is 1. The van der Waals surface area contributed by atoms with Gasteiger partial charge < -0.3 is 40.5 Å². The monoisotopic (exact) mass is 754 g/mol. The molecule has 4 aliphatic carbocycles. The Kier molecular flexibility index (Phi) is 11.8. The van der Waals surface area contributed by atoms with Gasteiger partial charge in [-0.15, -0.1) is 0 Å². The Morgan fingerprint density at radius 3 is 2.43 bits per heavy atom. The second kappa shape index (κ2) is 16.0. The molecule has 2 heterocycles. The van der Waals surface area contributed by atoms with Gasteiger partial charge in [-0.05, 0) is 105 Å². The average molecular weight is 755 g/mol. The van der Waals surface area contributed by atoms with Gasteiger partial charge in [0.2, 0.25) is 5.91 Å². The smallest absolute Gasteiger partial charge is 0.335 e. The van der Waals surface area contributed by atoms with Crippen molar-refractivity contribution in [3.63, 3.8) is 0 Å². The van der Waals surface area contributed by atoms with Gasteiger partial charge >= 0.3 is 23.5 Å². The number of nitrogens with two attached hydrogens (primary N) is 2. The van der Waals surface area contributed by atoms with E-state index in [9.17, 15) is 29.1 Å². The predicted octanol–water partition coefficient (Wildman–Crippen LogP) is 4.31. The van der Waals surface area contributed by atoms with Crippen LogP contribution in [-0.2, 0) is 33.4 Å². The Bertz CT molecular complexity index is 1640. The first-order valence-corrected chi connectivity index (χ1v) is 19.9. The molecule has 0 bridgehead atoms. The number of unbranched alkanes of at least 4 members (excludes halogenated alkanes) is 3. The van der Waals surface area contributed by atoms with Gasteiger partial charge in [-0.1, -0.05) is 26.7 Å². The first-order chi connectivity index (χ1) is 25.7. The number of fused-ring (bicyclic) bond motifs is 3. The van der Waals surface area contributed by atoms with Gasteiger partial charge in [0.05, 0.1) is 6.26 Å². The number of aliphatic carboxylic acids is 1. The van der Waals surface area contributed by atoms with Gasteiger partial charge in [0.25, 0.3) is 0 Å². The van der Waals surface area contributed by atoms with Crippen molar-refractivity contribution in [2.45, 2.75) is 153 Å². The van der Waals surface area contributed by atoms with E-state index in [4.69, 9.17) is 30.1 Å². The lowest BCUT2D eigenvalue weighted by Gasteiger charge is -2.61. The normalized spacial score (nSPS) is 35.2. The molecule has 6 N–H and O–H groups in total. The van der Waals surface area contributed by atoms with Gasteiger partial charge in [0.15, 0.2) is 5.96 Å². The number of epoxide rings is 1. The summed E-state index contributed by atoms with van der Waals surface area (Å²) in [7, 11) is 0.